The summed E-state index contributed by atoms with van der Waals surface area (Å²) < 4.78 is 0. The third-order valence-corrected chi connectivity index (χ3v) is 2.58. The van der Waals surface area contributed by atoms with Crippen molar-refractivity contribution in [3.63, 3.8) is 0 Å². The first-order valence-corrected chi connectivity index (χ1v) is 5.79. The van der Waals surface area contributed by atoms with Crippen LogP contribution < -0.4 is 0 Å². The van der Waals surface area contributed by atoms with E-state index in [0.717, 1.165) is 16.7 Å². The van der Waals surface area contributed by atoms with E-state index in [1.54, 1.807) is 6.21 Å². The second-order valence-corrected chi connectivity index (χ2v) is 3.75. The Bertz CT molecular complexity index is 488. The van der Waals surface area contributed by atoms with Crippen LogP contribution in [0.1, 0.15) is 11.1 Å². The molecule has 0 spiro atoms. The van der Waals surface area contributed by atoms with Gasteiger partial charge >= 0.3 is 0 Å². The molecule has 2 aromatic rings. The monoisotopic (exact) mass is 237 g/mol. The number of rotatable bonds is 4. The lowest BCUT2D eigenvalue weighted by Crippen LogP contribution is -1.88. The zero-order valence-corrected chi connectivity index (χ0v) is 10.3. The molecule has 0 aliphatic carbocycles. The van der Waals surface area contributed by atoms with E-state index in [-0.39, 0.29) is 0 Å². The Labute approximate surface area is 107 Å². The molecule has 0 unspecified atom stereocenters. The van der Waals surface area contributed by atoms with Crippen LogP contribution in [0.15, 0.2) is 71.9 Å². The van der Waals surface area contributed by atoms with Crippen molar-refractivity contribution in [3.05, 3.63) is 77.9 Å². The molecule has 0 heterocycles. The molecular weight excluding hydrogens is 222 g/mol. The molecule has 0 saturated carbocycles. The van der Waals surface area contributed by atoms with E-state index in [9.17, 15) is 0 Å². The van der Waals surface area contributed by atoms with Gasteiger partial charge in [0, 0.05) is 0 Å². The van der Waals surface area contributed by atoms with Gasteiger partial charge in [0.1, 0.15) is 7.11 Å². The zero-order valence-electron chi connectivity index (χ0n) is 10.3. The van der Waals surface area contributed by atoms with Crippen LogP contribution in [-0.4, -0.2) is 13.3 Å². The van der Waals surface area contributed by atoms with Gasteiger partial charge in [-0.05, 0) is 22.8 Å². The highest BCUT2D eigenvalue weighted by Crippen LogP contribution is 2.22. The first kappa shape index (κ1) is 12.1. The maximum atomic E-state index is 4.69. The highest BCUT2D eigenvalue weighted by Gasteiger charge is 2.02. The molecule has 2 rings (SSSR count). The van der Waals surface area contributed by atoms with Gasteiger partial charge in [-0.1, -0.05) is 65.8 Å². The molecule has 2 heteroatoms. The molecule has 0 aliphatic heterocycles. The Kier molecular flexibility index (Phi) is 4.31. The van der Waals surface area contributed by atoms with Gasteiger partial charge < -0.3 is 4.84 Å². The molecule has 90 valence electrons. The number of benzene rings is 2. The Morgan fingerprint density at radius 2 is 1.39 bits per heavy atom. The lowest BCUT2D eigenvalue weighted by atomic mass is 9.98. The highest BCUT2D eigenvalue weighted by molar-refractivity contribution is 5.91. The maximum absolute atomic E-state index is 4.69. The molecule has 2 nitrogen and oxygen atoms in total. The molecule has 0 radical (unpaired) electrons. The maximum Gasteiger partial charge on any atom is 0.106 e. The Hall–Kier alpha value is -2.35. The summed E-state index contributed by atoms with van der Waals surface area (Å²) in [6, 6.07) is 20.5. The summed E-state index contributed by atoms with van der Waals surface area (Å²) in [6.07, 6.45) is 3.61. The van der Waals surface area contributed by atoms with Crippen LogP contribution in [0.5, 0.6) is 0 Å². The van der Waals surface area contributed by atoms with Crippen LogP contribution in [-0.2, 0) is 4.84 Å². The van der Waals surface area contributed by atoms with Crippen LogP contribution >= 0.6 is 0 Å². The molecule has 18 heavy (non-hydrogen) atoms. The molecule has 2 aromatic carbocycles. The van der Waals surface area contributed by atoms with Gasteiger partial charge in [0.15, 0.2) is 0 Å². The molecule has 0 N–H and O–H groups in total. The van der Waals surface area contributed by atoms with Crippen molar-refractivity contribution in [3.8, 4) is 0 Å². The number of hydrogen-bond donors (Lipinski definition) is 0. The third kappa shape index (κ3) is 3.08. The fourth-order valence-electron chi connectivity index (χ4n) is 1.76. The Morgan fingerprint density at radius 3 is 1.83 bits per heavy atom. The second-order valence-electron chi connectivity index (χ2n) is 3.75. The van der Waals surface area contributed by atoms with E-state index in [4.69, 9.17) is 0 Å². The SMILES string of the molecule is CO/N=C/C=C(c1ccccc1)c1ccccc1. The summed E-state index contributed by atoms with van der Waals surface area (Å²) in [6.45, 7) is 0. The average molecular weight is 237 g/mol. The van der Waals surface area contributed by atoms with Gasteiger partial charge in [0.25, 0.3) is 0 Å². The number of oxime groups is 1. The van der Waals surface area contributed by atoms with Crippen molar-refractivity contribution < 1.29 is 4.84 Å². The highest BCUT2D eigenvalue weighted by atomic mass is 16.6. The van der Waals surface area contributed by atoms with E-state index >= 15 is 0 Å². The smallest absolute Gasteiger partial charge is 0.106 e. The predicted molar refractivity (Wildman–Crippen MR) is 75.5 cm³/mol. The van der Waals surface area contributed by atoms with E-state index in [1.807, 2.05) is 42.5 Å². The normalized spacial score (nSPS) is 10.3. The van der Waals surface area contributed by atoms with Crippen molar-refractivity contribution >= 4 is 11.8 Å². The van der Waals surface area contributed by atoms with Crippen LogP contribution in [0, 0.1) is 0 Å². The van der Waals surface area contributed by atoms with E-state index in [0.29, 0.717) is 0 Å². The van der Waals surface area contributed by atoms with Crippen LogP contribution in [0.2, 0.25) is 0 Å². The summed E-state index contributed by atoms with van der Waals surface area (Å²) >= 11 is 0. The average Bonchev–Trinajstić information content (AvgIpc) is 2.46. The number of allylic oxidation sites excluding steroid dienone is 1. The second kappa shape index (κ2) is 6.40. The first-order valence-electron chi connectivity index (χ1n) is 5.79. The number of nitrogens with zero attached hydrogens (tertiary/aromatic N) is 1. The first-order chi connectivity index (χ1) is 8.92. The molecule has 0 amide bonds. The molecule has 0 aromatic heterocycles. The van der Waals surface area contributed by atoms with Crippen molar-refractivity contribution in [2.45, 2.75) is 0 Å². The van der Waals surface area contributed by atoms with E-state index in [1.165, 1.54) is 7.11 Å². The zero-order chi connectivity index (χ0) is 12.6. The summed E-state index contributed by atoms with van der Waals surface area (Å²) in [5.74, 6) is 0. The molecule has 0 fully saturated rings. The predicted octanol–water partition coefficient (Wildman–Crippen LogP) is 3.75. The van der Waals surface area contributed by atoms with Gasteiger partial charge in [0.2, 0.25) is 0 Å². The third-order valence-electron chi connectivity index (χ3n) is 2.58. The van der Waals surface area contributed by atoms with Crippen molar-refractivity contribution in [1.29, 1.82) is 0 Å². The minimum atomic E-state index is 1.12. The Balaban J connectivity index is 2.42. The fraction of sp³-hybridized carbons (Fsp3) is 0.0625. The summed E-state index contributed by atoms with van der Waals surface area (Å²) in [5.41, 5.74) is 3.44. The molecule has 0 atom stereocenters. The lowest BCUT2D eigenvalue weighted by molar-refractivity contribution is 0.215. The Morgan fingerprint density at radius 1 is 0.889 bits per heavy atom. The summed E-state index contributed by atoms with van der Waals surface area (Å²) in [4.78, 5) is 4.69. The molecule has 0 bridgehead atoms. The molecular formula is C16H15NO. The standard InChI is InChI=1S/C16H15NO/c1-18-17-13-12-16(14-8-4-2-5-9-14)15-10-6-3-7-11-15/h2-13H,1H3/b17-13+. The van der Waals surface area contributed by atoms with E-state index in [2.05, 4.69) is 34.3 Å². The minimum Gasteiger partial charge on any atom is -0.399 e. The van der Waals surface area contributed by atoms with Gasteiger partial charge in [-0.2, -0.15) is 0 Å². The van der Waals surface area contributed by atoms with Gasteiger partial charge in [-0.15, -0.1) is 0 Å². The number of hydrogen-bond acceptors (Lipinski definition) is 2. The molecule has 0 aliphatic rings. The van der Waals surface area contributed by atoms with Gasteiger partial charge in [0.05, 0.1) is 6.21 Å². The van der Waals surface area contributed by atoms with Gasteiger partial charge in [-0.25, -0.2) is 0 Å². The van der Waals surface area contributed by atoms with Crippen LogP contribution in [0.25, 0.3) is 5.57 Å². The largest absolute Gasteiger partial charge is 0.399 e. The lowest BCUT2D eigenvalue weighted by Gasteiger charge is -2.07. The summed E-state index contributed by atoms with van der Waals surface area (Å²) in [5, 5.41) is 3.76. The van der Waals surface area contributed by atoms with Crippen LogP contribution in [0.3, 0.4) is 0 Å². The van der Waals surface area contributed by atoms with Crippen molar-refractivity contribution in [2.24, 2.45) is 5.16 Å². The van der Waals surface area contributed by atoms with E-state index < -0.39 is 0 Å². The van der Waals surface area contributed by atoms with Crippen LogP contribution in [0.4, 0.5) is 0 Å². The molecule has 0 saturated heterocycles. The fourth-order valence-corrected chi connectivity index (χ4v) is 1.76. The van der Waals surface area contributed by atoms with Crippen molar-refractivity contribution in [2.75, 3.05) is 7.11 Å². The topological polar surface area (TPSA) is 21.6 Å². The van der Waals surface area contributed by atoms with Gasteiger partial charge in [-0.3, -0.25) is 0 Å². The minimum absolute atomic E-state index is 1.12. The quantitative estimate of drug-likeness (QED) is 0.586. The van der Waals surface area contributed by atoms with Crippen molar-refractivity contribution in [1.82, 2.24) is 0 Å². The summed E-state index contributed by atoms with van der Waals surface area (Å²) in [7, 11) is 1.54.